The summed E-state index contributed by atoms with van der Waals surface area (Å²) < 4.78 is 0. The number of aliphatic hydroxyl groups excluding tert-OH is 1. The third kappa shape index (κ3) is 5.52. The van der Waals surface area contributed by atoms with Gasteiger partial charge in [-0.15, -0.1) is 0 Å². The molecule has 3 N–H and O–H groups in total. The van der Waals surface area contributed by atoms with Gasteiger partial charge >= 0.3 is 0 Å². The van der Waals surface area contributed by atoms with Gasteiger partial charge in [0.2, 0.25) is 0 Å². The van der Waals surface area contributed by atoms with E-state index in [1.807, 2.05) is 0 Å². The summed E-state index contributed by atoms with van der Waals surface area (Å²) in [6.07, 6.45) is 1.52. The van der Waals surface area contributed by atoms with Crippen LogP contribution < -0.4 is 5.73 Å². The molecule has 0 aliphatic carbocycles. The van der Waals surface area contributed by atoms with Crippen LogP contribution in [0.1, 0.15) is 26.7 Å². The fourth-order valence-corrected chi connectivity index (χ4v) is 0.952. The van der Waals surface area contributed by atoms with Gasteiger partial charge in [0.25, 0.3) is 0 Å². The van der Waals surface area contributed by atoms with Crippen molar-refractivity contribution in [3.8, 4) is 0 Å². The molecule has 0 aromatic heterocycles. The van der Waals surface area contributed by atoms with E-state index in [4.69, 9.17) is 10.8 Å². The van der Waals surface area contributed by atoms with Gasteiger partial charge in [0.1, 0.15) is 0 Å². The number of hydrogen-bond acceptors (Lipinski definition) is 3. The number of hydrogen-bond donors (Lipinski definition) is 2. The van der Waals surface area contributed by atoms with Crippen molar-refractivity contribution in [1.82, 2.24) is 4.90 Å². The van der Waals surface area contributed by atoms with Gasteiger partial charge in [-0.2, -0.15) is 0 Å². The fraction of sp³-hybridized carbons (Fsp3) is 1.00. The van der Waals surface area contributed by atoms with Crippen molar-refractivity contribution >= 4 is 0 Å². The van der Waals surface area contributed by atoms with Gasteiger partial charge in [-0.05, 0) is 40.3 Å². The first-order valence-electron chi connectivity index (χ1n) is 4.66. The molecule has 0 amide bonds. The summed E-state index contributed by atoms with van der Waals surface area (Å²) >= 11 is 0. The highest BCUT2D eigenvalue weighted by molar-refractivity contribution is 4.60. The zero-order valence-corrected chi connectivity index (χ0v) is 8.45. The molecule has 12 heavy (non-hydrogen) atoms. The number of nitrogens with zero attached hydrogens (tertiary/aromatic N) is 1. The van der Waals surface area contributed by atoms with Crippen LogP contribution in [0.5, 0.6) is 0 Å². The van der Waals surface area contributed by atoms with E-state index in [0.29, 0.717) is 12.6 Å². The third-order valence-corrected chi connectivity index (χ3v) is 2.20. The maximum Gasteiger partial charge on any atom is 0.0662 e. The summed E-state index contributed by atoms with van der Waals surface area (Å²) in [4.78, 5) is 2.27. The SMILES string of the molecule is CC(C)N(C)CCCC(O)CN. The summed E-state index contributed by atoms with van der Waals surface area (Å²) in [7, 11) is 2.10. The second-order valence-electron chi connectivity index (χ2n) is 3.61. The van der Waals surface area contributed by atoms with Crippen molar-refractivity contribution in [2.75, 3.05) is 20.1 Å². The molecule has 0 radical (unpaired) electrons. The molecule has 0 heterocycles. The molecule has 0 fully saturated rings. The molecule has 3 nitrogen and oxygen atoms in total. The molecule has 0 bridgehead atoms. The molecule has 0 aliphatic heterocycles. The Morgan fingerprint density at radius 2 is 2.00 bits per heavy atom. The highest BCUT2D eigenvalue weighted by Crippen LogP contribution is 2.00. The normalized spacial score (nSPS) is 14.2. The Balaban J connectivity index is 3.30. The van der Waals surface area contributed by atoms with E-state index in [1.54, 1.807) is 0 Å². The van der Waals surface area contributed by atoms with Crippen LogP contribution in [0.2, 0.25) is 0 Å². The van der Waals surface area contributed by atoms with Gasteiger partial charge in [0.05, 0.1) is 6.10 Å². The first-order chi connectivity index (χ1) is 5.57. The van der Waals surface area contributed by atoms with Crippen LogP contribution >= 0.6 is 0 Å². The second-order valence-corrected chi connectivity index (χ2v) is 3.61. The zero-order chi connectivity index (χ0) is 9.56. The lowest BCUT2D eigenvalue weighted by atomic mass is 10.2. The molecule has 1 atom stereocenters. The van der Waals surface area contributed by atoms with Crippen LogP contribution in [0.3, 0.4) is 0 Å². The topological polar surface area (TPSA) is 49.5 Å². The monoisotopic (exact) mass is 174 g/mol. The van der Waals surface area contributed by atoms with Gasteiger partial charge in [-0.3, -0.25) is 0 Å². The zero-order valence-electron chi connectivity index (χ0n) is 8.45. The Hall–Kier alpha value is -0.120. The van der Waals surface area contributed by atoms with Crippen molar-refractivity contribution in [1.29, 1.82) is 0 Å². The molecular formula is C9H22N2O. The van der Waals surface area contributed by atoms with Gasteiger partial charge < -0.3 is 15.7 Å². The van der Waals surface area contributed by atoms with Crippen LogP contribution in [0, 0.1) is 0 Å². The smallest absolute Gasteiger partial charge is 0.0662 e. The molecule has 0 aliphatic rings. The largest absolute Gasteiger partial charge is 0.392 e. The molecule has 0 aromatic rings. The molecular weight excluding hydrogens is 152 g/mol. The van der Waals surface area contributed by atoms with Gasteiger partial charge in [-0.1, -0.05) is 0 Å². The maximum absolute atomic E-state index is 9.17. The molecule has 0 spiro atoms. The van der Waals surface area contributed by atoms with Crippen molar-refractivity contribution in [2.45, 2.75) is 38.8 Å². The number of aliphatic hydroxyl groups is 1. The molecule has 0 saturated heterocycles. The predicted octanol–water partition coefficient (Wildman–Crippen LogP) is 0.426. The lowest BCUT2D eigenvalue weighted by Crippen LogP contribution is -2.28. The van der Waals surface area contributed by atoms with E-state index in [2.05, 4.69) is 25.8 Å². The first kappa shape index (κ1) is 11.9. The minimum atomic E-state index is -0.314. The highest BCUT2D eigenvalue weighted by atomic mass is 16.3. The molecule has 3 heteroatoms. The van der Waals surface area contributed by atoms with Crippen LogP contribution in [-0.2, 0) is 0 Å². The molecule has 0 rings (SSSR count). The molecule has 74 valence electrons. The Bertz CT molecular complexity index is 107. The Morgan fingerprint density at radius 1 is 1.42 bits per heavy atom. The Kier molecular flexibility index (Phi) is 6.34. The lowest BCUT2D eigenvalue weighted by molar-refractivity contribution is 0.160. The Labute approximate surface area is 75.6 Å². The van der Waals surface area contributed by atoms with Crippen LogP contribution in [-0.4, -0.2) is 42.3 Å². The van der Waals surface area contributed by atoms with Crippen molar-refractivity contribution < 1.29 is 5.11 Å². The number of nitrogens with two attached hydrogens (primary N) is 1. The quantitative estimate of drug-likeness (QED) is 0.614. The average Bonchev–Trinajstić information content (AvgIpc) is 2.03. The van der Waals surface area contributed by atoms with Crippen molar-refractivity contribution in [3.05, 3.63) is 0 Å². The average molecular weight is 174 g/mol. The van der Waals surface area contributed by atoms with E-state index in [1.165, 1.54) is 0 Å². The fourth-order valence-electron chi connectivity index (χ4n) is 0.952. The highest BCUT2D eigenvalue weighted by Gasteiger charge is 2.04. The number of rotatable bonds is 6. The molecule has 0 aromatic carbocycles. The minimum Gasteiger partial charge on any atom is -0.392 e. The van der Waals surface area contributed by atoms with E-state index in [-0.39, 0.29) is 6.10 Å². The summed E-state index contributed by atoms with van der Waals surface area (Å²) in [5.74, 6) is 0. The summed E-state index contributed by atoms with van der Waals surface area (Å²) in [6, 6.07) is 0.583. The van der Waals surface area contributed by atoms with Crippen LogP contribution in [0.25, 0.3) is 0 Å². The van der Waals surface area contributed by atoms with Gasteiger partial charge in [0, 0.05) is 12.6 Å². The van der Waals surface area contributed by atoms with Crippen molar-refractivity contribution in [2.24, 2.45) is 5.73 Å². The van der Waals surface area contributed by atoms with Crippen LogP contribution in [0.15, 0.2) is 0 Å². The second kappa shape index (κ2) is 6.40. The minimum absolute atomic E-state index is 0.314. The van der Waals surface area contributed by atoms with E-state index >= 15 is 0 Å². The molecule has 0 saturated carbocycles. The summed E-state index contributed by atoms with van der Waals surface area (Å²) in [5.41, 5.74) is 5.29. The standard InChI is InChI=1S/C9H22N2O/c1-8(2)11(3)6-4-5-9(12)7-10/h8-9,12H,4-7,10H2,1-3H3. The maximum atomic E-state index is 9.17. The van der Waals surface area contributed by atoms with Gasteiger partial charge in [0.15, 0.2) is 0 Å². The van der Waals surface area contributed by atoms with Gasteiger partial charge in [-0.25, -0.2) is 0 Å². The van der Waals surface area contributed by atoms with E-state index in [0.717, 1.165) is 19.4 Å². The third-order valence-electron chi connectivity index (χ3n) is 2.20. The van der Waals surface area contributed by atoms with E-state index in [9.17, 15) is 0 Å². The van der Waals surface area contributed by atoms with Crippen molar-refractivity contribution in [3.63, 3.8) is 0 Å². The molecule has 1 unspecified atom stereocenters. The summed E-state index contributed by atoms with van der Waals surface area (Å²) in [5, 5.41) is 9.17. The predicted molar refractivity (Wildman–Crippen MR) is 52.1 cm³/mol. The first-order valence-corrected chi connectivity index (χ1v) is 4.66. The Morgan fingerprint density at radius 3 is 2.42 bits per heavy atom. The lowest BCUT2D eigenvalue weighted by Gasteiger charge is -2.21. The van der Waals surface area contributed by atoms with Crippen LogP contribution in [0.4, 0.5) is 0 Å². The summed E-state index contributed by atoms with van der Waals surface area (Å²) in [6.45, 7) is 5.75. The van der Waals surface area contributed by atoms with E-state index < -0.39 is 0 Å².